The highest BCUT2D eigenvalue weighted by atomic mass is 32.2. The van der Waals surface area contributed by atoms with Crippen molar-refractivity contribution in [2.45, 2.75) is 29.1 Å². The summed E-state index contributed by atoms with van der Waals surface area (Å²) in [6, 6.07) is 3.45. The first-order valence-corrected chi connectivity index (χ1v) is 13.6. The average molecular weight is 549 g/mol. The number of nitrogens with zero attached hydrogens (tertiary/aromatic N) is 5. The van der Waals surface area contributed by atoms with Crippen LogP contribution in [0.25, 0.3) is 0 Å². The molecule has 10 nitrogen and oxygen atoms in total. The van der Waals surface area contributed by atoms with Gasteiger partial charge in [-0.2, -0.15) is 9.37 Å². The zero-order valence-electron chi connectivity index (χ0n) is 19.9. The van der Waals surface area contributed by atoms with Gasteiger partial charge in [-0.15, -0.1) is 0 Å². The fourth-order valence-corrected chi connectivity index (χ4v) is 6.52. The van der Waals surface area contributed by atoms with Gasteiger partial charge in [0.05, 0.1) is 41.4 Å². The minimum atomic E-state index is -3.57. The van der Waals surface area contributed by atoms with Gasteiger partial charge in [-0.3, -0.25) is 0 Å². The van der Waals surface area contributed by atoms with E-state index in [0.717, 1.165) is 24.8 Å². The lowest BCUT2D eigenvalue weighted by atomic mass is 9.84. The smallest absolute Gasteiger partial charge is 0.256 e. The van der Waals surface area contributed by atoms with Crippen LogP contribution in [0.1, 0.15) is 12.8 Å². The van der Waals surface area contributed by atoms with Gasteiger partial charge >= 0.3 is 0 Å². The topological polar surface area (TPSA) is 119 Å². The van der Waals surface area contributed by atoms with Crippen molar-refractivity contribution in [3.05, 3.63) is 54.4 Å². The third kappa shape index (κ3) is 4.73. The van der Waals surface area contributed by atoms with Crippen LogP contribution in [0, 0.1) is 29.3 Å². The lowest BCUT2D eigenvalue weighted by Crippen LogP contribution is -2.58. The van der Waals surface area contributed by atoms with Gasteiger partial charge in [0.1, 0.15) is 18.2 Å². The second-order valence-corrected chi connectivity index (χ2v) is 11.8. The summed E-state index contributed by atoms with van der Waals surface area (Å²) in [7, 11) is -3.57. The van der Waals surface area contributed by atoms with Gasteiger partial charge in [0.2, 0.25) is 11.8 Å². The van der Waals surface area contributed by atoms with Gasteiger partial charge in [-0.05, 0) is 31.0 Å². The lowest BCUT2D eigenvalue weighted by molar-refractivity contribution is -0.0781. The molecule has 1 N–H and O–H groups in total. The predicted molar refractivity (Wildman–Crippen MR) is 128 cm³/mol. The van der Waals surface area contributed by atoms with Crippen molar-refractivity contribution >= 4 is 27.3 Å². The Morgan fingerprint density at radius 1 is 1.00 bits per heavy atom. The zero-order valence-corrected chi connectivity index (χ0v) is 20.7. The first-order chi connectivity index (χ1) is 18.3. The molecule has 2 aromatic heterocycles. The van der Waals surface area contributed by atoms with E-state index < -0.39 is 38.6 Å². The van der Waals surface area contributed by atoms with Crippen molar-refractivity contribution in [1.29, 1.82) is 0 Å². The molecular weight excluding hydrogens is 525 g/mol. The number of anilines is 3. The maximum absolute atomic E-state index is 15.4. The Hall–Kier alpha value is -3.52. The molecule has 1 saturated carbocycles. The van der Waals surface area contributed by atoms with Crippen LogP contribution in [0.3, 0.4) is 0 Å². The van der Waals surface area contributed by atoms with Crippen molar-refractivity contribution in [2.24, 2.45) is 11.8 Å². The van der Waals surface area contributed by atoms with Gasteiger partial charge < -0.3 is 19.7 Å². The van der Waals surface area contributed by atoms with Crippen molar-refractivity contribution in [3.63, 3.8) is 0 Å². The summed E-state index contributed by atoms with van der Waals surface area (Å²) in [5, 5.41) is 2.10. The quantitative estimate of drug-likeness (QED) is 0.472. The van der Waals surface area contributed by atoms with Gasteiger partial charge in [0, 0.05) is 24.9 Å². The summed E-state index contributed by atoms with van der Waals surface area (Å²) in [5.74, 6) is -2.85. The van der Waals surface area contributed by atoms with Crippen LogP contribution in [-0.2, 0) is 14.6 Å². The highest BCUT2D eigenvalue weighted by Gasteiger charge is 2.43. The molecule has 3 aromatic rings. The van der Waals surface area contributed by atoms with Crippen LogP contribution < -0.4 is 15.0 Å². The number of ether oxygens (including phenoxy) is 2. The first kappa shape index (κ1) is 24.8. The third-order valence-electron chi connectivity index (χ3n) is 6.88. The molecule has 3 fully saturated rings. The molecule has 0 amide bonds. The van der Waals surface area contributed by atoms with E-state index in [1.54, 1.807) is 0 Å². The molecule has 2 bridgehead atoms. The average Bonchev–Trinajstić information content (AvgIpc) is 3.74. The molecule has 38 heavy (non-hydrogen) atoms. The second-order valence-electron chi connectivity index (χ2n) is 9.60. The van der Waals surface area contributed by atoms with Crippen LogP contribution in [0.5, 0.6) is 5.88 Å². The lowest BCUT2D eigenvalue weighted by Gasteiger charge is -2.46. The van der Waals surface area contributed by atoms with E-state index in [1.165, 1.54) is 12.1 Å². The summed E-state index contributed by atoms with van der Waals surface area (Å²) in [6.45, 7) is 1.62. The van der Waals surface area contributed by atoms with E-state index in [2.05, 4.69) is 25.3 Å². The number of rotatable bonds is 7. The van der Waals surface area contributed by atoms with Crippen LogP contribution >= 0.6 is 0 Å². The van der Waals surface area contributed by atoms with E-state index >= 15 is 4.39 Å². The number of halogens is 3. The number of benzene rings is 1. The number of aromatic nitrogens is 4. The molecule has 14 heteroatoms. The molecule has 6 rings (SSSR count). The van der Waals surface area contributed by atoms with Gasteiger partial charge in [-0.1, -0.05) is 0 Å². The second kappa shape index (κ2) is 9.66. The van der Waals surface area contributed by atoms with Crippen molar-refractivity contribution in [3.8, 4) is 5.88 Å². The van der Waals surface area contributed by atoms with Gasteiger partial charge in [0.15, 0.2) is 21.5 Å². The Morgan fingerprint density at radius 2 is 1.71 bits per heavy atom. The Balaban J connectivity index is 1.18. The summed E-state index contributed by atoms with van der Waals surface area (Å²) < 4.78 is 79.8. The summed E-state index contributed by atoms with van der Waals surface area (Å²) in [6.07, 6.45) is 3.99. The number of fused-ring (bicyclic) bond motifs is 2. The molecule has 1 aliphatic carbocycles. The Kier molecular flexibility index (Phi) is 6.30. The predicted octanol–water partition coefficient (Wildman–Crippen LogP) is 2.89. The minimum absolute atomic E-state index is 0.110. The number of nitrogens with one attached hydrogen (secondary N) is 1. The molecule has 2 unspecified atom stereocenters. The summed E-state index contributed by atoms with van der Waals surface area (Å²) >= 11 is 0. The summed E-state index contributed by atoms with van der Waals surface area (Å²) in [5.41, 5.74) is -0.138. The Labute approximate surface area is 216 Å². The SMILES string of the molecule is O=S(=O)(c1ccc(Nc2ncnc(OC3C4COCC3CN(c3ncc(F)cn3)C4)c2F)c(F)c1)C1CC1. The van der Waals surface area contributed by atoms with Crippen molar-refractivity contribution in [1.82, 2.24) is 19.9 Å². The zero-order chi connectivity index (χ0) is 26.4. The van der Waals surface area contributed by atoms with Gasteiger partial charge in [0.25, 0.3) is 5.88 Å². The maximum Gasteiger partial charge on any atom is 0.256 e. The molecule has 2 saturated heterocycles. The van der Waals surface area contributed by atoms with Crippen LogP contribution in [0.15, 0.2) is 41.8 Å². The fraction of sp³-hybridized carbons (Fsp3) is 0.417. The van der Waals surface area contributed by atoms with Gasteiger partial charge in [-0.25, -0.2) is 32.2 Å². The minimum Gasteiger partial charge on any atom is -0.471 e. The number of piperidine rings is 1. The normalized spacial score (nSPS) is 23.2. The molecule has 3 aliphatic rings. The summed E-state index contributed by atoms with van der Waals surface area (Å²) in [4.78, 5) is 17.7. The van der Waals surface area contributed by atoms with Crippen LogP contribution in [0.2, 0.25) is 0 Å². The highest BCUT2D eigenvalue weighted by molar-refractivity contribution is 7.92. The van der Waals surface area contributed by atoms with Crippen LogP contribution in [-0.4, -0.2) is 66.0 Å². The number of hydrogen-bond donors (Lipinski definition) is 1. The fourth-order valence-electron chi connectivity index (χ4n) is 4.85. The van der Waals surface area contributed by atoms with E-state index in [-0.39, 0.29) is 34.1 Å². The third-order valence-corrected chi connectivity index (χ3v) is 9.14. The molecule has 0 spiro atoms. The largest absolute Gasteiger partial charge is 0.471 e. The molecule has 1 aromatic carbocycles. The van der Waals surface area contributed by atoms with Crippen molar-refractivity contribution < 1.29 is 31.1 Å². The van der Waals surface area contributed by atoms with E-state index in [0.29, 0.717) is 45.1 Å². The van der Waals surface area contributed by atoms with Crippen LogP contribution in [0.4, 0.5) is 30.6 Å². The first-order valence-electron chi connectivity index (χ1n) is 12.1. The van der Waals surface area contributed by atoms with E-state index in [1.807, 2.05) is 4.90 Å². The van der Waals surface area contributed by atoms with Crippen molar-refractivity contribution in [2.75, 3.05) is 36.5 Å². The molecule has 2 atom stereocenters. The Bertz CT molecular complexity index is 1440. The molecule has 2 aliphatic heterocycles. The maximum atomic E-state index is 15.4. The standard InChI is InChI=1S/C24H23F3N6O4S/c25-15-6-28-24(29-7-15)33-8-13-10-36-11-14(9-33)21(13)37-23-20(27)22(30-12-31-23)32-19-4-3-17(5-18(19)26)38(34,35)16-1-2-16/h3-7,12-14,16,21H,1-2,8-11H2,(H,30,31,32). The number of sulfone groups is 1. The molecule has 4 heterocycles. The molecular formula is C24H23F3N6O4S. The highest BCUT2D eigenvalue weighted by Crippen LogP contribution is 2.36. The van der Waals surface area contributed by atoms with E-state index in [9.17, 15) is 17.2 Å². The van der Waals surface area contributed by atoms with E-state index in [4.69, 9.17) is 9.47 Å². The monoisotopic (exact) mass is 548 g/mol. The molecule has 200 valence electrons. The molecule has 0 radical (unpaired) electrons. The number of hydrogen-bond acceptors (Lipinski definition) is 10. The Morgan fingerprint density at radius 3 is 2.37 bits per heavy atom.